The zero-order valence-electron chi connectivity index (χ0n) is 11.9. The van der Waals surface area contributed by atoms with Gasteiger partial charge in [0.2, 0.25) is 5.91 Å². The van der Waals surface area contributed by atoms with Gasteiger partial charge in [0.05, 0.1) is 6.10 Å². The first-order chi connectivity index (χ1) is 10.1. The number of nitrogens with zero attached hydrogens (tertiary/aromatic N) is 1. The number of benzene rings is 1. The second-order valence-electron chi connectivity index (χ2n) is 4.81. The van der Waals surface area contributed by atoms with Gasteiger partial charge in [0, 0.05) is 38.1 Å². The minimum atomic E-state index is -0.585. The molecule has 110 valence electrons. The van der Waals surface area contributed by atoms with Crippen molar-refractivity contribution in [1.82, 2.24) is 10.3 Å². The molecule has 0 aliphatic carbocycles. The summed E-state index contributed by atoms with van der Waals surface area (Å²) in [7, 11) is 0. The van der Waals surface area contributed by atoms with E-state index in [1.54, 1.807) is 24.5 Å². The number of amides is 1. The number of aliphatic hydroxyl groups excluding tert-OH is 1. The minimum Gasteiger partial charge on any atom is -0.387 e. The van der Waals surface area contributed by atoms with Gasteiger partial charge in [0.15, 0.2) is 0 Å². The van der Waals surface area contributed by atoms with Crippen LogP contribution in [0.15, 0.2) is 48.8 Å². The molecule has 1 unspecified atom stereocenters. The Balaban J connectivity index is 1.82. The average Bonchev–Trinajstić information content (AvgIpc) is 2.48. The predicted octanol–water partition coefficient (Wildman–Crippen LogP) is 1.86. The molecular weight excluding hydrogens is 266 g/mol. The van der Waals surface area contributed by atoms with Crippen LogP contribution in [0.2, 0.25) is 0 Å². The maximum atomic E-state index is 10.9. The number of hydrogen-bond acceptors (Lipinski definition) is 4. The molecule has 0 saturated heterocycles. The highest BCUT2D eigenvalue weighted by atomic mass is 16.3. The Morgan fingerprint density at radius 1 is 1.19 bits per heavy atom. The zero-order valence-corrected chi connectivity index (χ0v) is 11.9. The SMILES string of the molecule is CC(=O)Nc1ccc(C(O)CNCc2ccncc2)cc1. The van der Waals surface area contributed by atoms with Gasteiger partial charge in [-0.05, 0) is 35.4 Å². The molecule has 1 aromatic carbocycles. The maximum absolute atomic E-state index is 10.9. The third-order valence-corrected chi connectivity index (χ3v) is 3.03. The fourth-order valence-electron chi connectivity index (χ4n) is 1.96. The Labute approximate surface area is 124 Å². The number of nitrogens with one attached hydrogen (secondary N) is 2. The van der Waals surface area contributed by atoms with E-state index in [1.165, 1.54) is 6.92 Å². The van der Waals surface area contributed by atoms with Crippen LogP contribution in [0.4, 0.5) is 5.69 Å². The second-order valence-corrected chi connectivity index (χ2v) is 4.81. The van der Waals surface area contributed by atoms with Crippen LogP contribution in [0.3, 0.4) is 0 Å². The monoisotopic (exact) mass is 285 g/mol. The highest BCUT2D eigenvalue weighted by molar-refractivity contribution is 5.88. The number of rotatable bonds is 6. The molecule has 0 bridgehead atoms. The Kier molecular flexibility index (Phi) is 5.43. The first-order valence-electron chi connectivity index (χ1n) is 6.80. The smallest absolute Gasteiger partial charge is 0.221 e. The summed E-state index contributed by atoms with van der Waals surface area (Å²) in [4.78, 5) is 14.9. The van der Waals surface area contributed by atoms with E-state index in [1.807, 2.05) is 24.3 Å². The van der Waals surface area contributed by atoms with Crippen LogP contribution in [-0.4, -0.2) is 22.5 Å². The lowest BCUT2D eigenvalue weighted by Crippen LogP contribution is -2.21. The fourth-order valence-corrected chi connectivity index (χ4v) is 1.96. The number of hydrogen-bond donors (Lipinski definition) is 3. The van der Waals surface area contributed by atoms with Gasteiger partial charge >= 0.3 is 0 Å². The van der Waals surface area contributed by atoms with Crippen LogP contribution >= 0.6 is 0 Å². The summed E-state index contributed by atoms with van der Waals surface area (Å²) in [6.45, 7) is 2.61. The lowest BCUT2D eigenvalue weighted by atomic mass is 10.1. The second kappa shape index (κ2) is 7.52. The molecule has 21 heavy (non-hydrogen) atoms. The van der Waals surface area contributed by atoms with Gasteiger partial charge in [0.1, 0.15) is 0 Å². The number of carbonyl (C=O) groups is 1. The number of aromatic nitrogens is 1. The van der Waals surface area contributed by atoms with Crippen molar-refractivity contribution in [3.8, 4) is 0 Å². The molecule has 5 nitrogen and oxygen atoms in total. The first kappa shape index (κ1) is 15.2. The summed E-state index contributed by atoms with van der Waals surface area (Å²) in [5.74, 6) is -0.109. The van der Waals surface area contributed by atoms with Crippen molar-refractivity contribution in [2.75, 3.05) is 11.9 Å². The largest absolute Gasteiger partial charge is 0.387 e. The number of carbonyl (C=O) groups excluding carboxylic acids is 1. The summed E-state index contributed by atoms with van der Waals surface area (Å²) in [6.07, 6.45) is 2.90. The number of aliphatic hydroxyl groups is 1. The average molecular weight is 285 g/mol. The highest BCUT2D eigenvalue weighted by Gasteiger charge is 2.07. The third kappa shape index (κ3) is 4.98. The molecule has 0 aliphatic rings. The van der Waals surface area contributed by atoms with Gasteiger partial charge in [-0.1, -0.05) is 12.1 Å². The standard InChI is InChI=1S/C16H19N3O2/c1-12(20)19-15-4-2-14(3-5-15)16(21)11-18-10-13-6-8-17-9-7-13/h2-9,16,18,21H,10-11H2,1H3,(H,19,20). The topological polar surface area (TPSA) is 74.2 Å². The van der Waals surface area contributed by atoms with Gasteiger partial charge in [0.25, 0.3) is 0 Å². The minimum absolute atomic E-state index is 0.109. The molecule has 2 aromatic rings. The van der Waals surface area contributed by atoms with Crippen molar-refractivity contribution in [3.05, 3.63) is 59.9 Å². The fraction of sp³-hybridized carbons (Fsp3) is 0.250. The van der Waals surface area contributed by atoms with Crippen molar-refractivity contribution < 1.29 is 9.90 Å². The lowest BCUT2D eigenvalue weighted by molar-refractivity contribution is -0.114. The molecule has 2 rings (SSSR count). The molecule has 1 amide bonds. The van der Waals surface area contributed by atoms with Gasteiger partial charge in [-0.25, -0.2) is 0 Å². The van der Waals surface area contributed by atoms with Gasteiger partial charge < -0.3 is 15.7 Å². The zero-order chi connectivity index (χ0) is 15.1. The summed E-state index contributed by atoms with van der Waals surface area (Å²) >= 11 is 0. The molecular formula is C16H19N3O2. The van der Waals surface area contributed by atoms with Gasteiger partial charge in [-0.15, -0.1) is 0 Å². The quantitative estimate of drug-likeness (QED) is 0.757. The molecule has 5 heteroatoms. The van der Waals surface area contributed by atoms with Gasteiger partial charge in [-0.2, -0.15) is 0 Å². The molecule has 1 aromatic heterocycles. The van der Waals surface area contributed by atoms with E-state index in [0.717, 1.165) is 16.8 Å². The molecule has 0 fully saturated rings. The first-order valence-corrected chi connectivity index (χ1v) is 6.80. The molecule has 0 saturated carbocycles. The maximum Gasteiger partial charge on any atom is 0.221 e. The molecule has 3 N–H and O–H groups in total. The Bertz CT molecular complexity index is 570. The predicted molar refractivity (Wildman–Crippen MR) is 81.6 cm³/mol. The van der Waals surface area contributed by atoms with Crippen LogP contribution in [0.1, 0.15) is 24.2 Å². The Hall–Kier alpha value is -2.24. The third-order valence-electron chi connectivity index (χ3n) is 3.03. The van der Waals surface area contributed by atoms with Crippen LogP contribution in [-0.2, 0) is 11.3 Å². The molecule has 0 spiro atoms. The summed E-state index contributed by atoms with van der Waals surface area (Å²) < 4.78 is 0. The van der Waals surface area contributed by atoms with E-state index in [0.29, 0.717) is 13.1 Å². The molecule has 1 heterocycles. The lowest BCUT2D eigenvalue weighted by Gasteiger charge is -2.13. The van der Waals surface area contributed by atoms with E-state index in [-0.39, 0.29) is 5.91 Å². The Morgan fingerprint density at radius 2 is 1.86 bits per heavy atom. The summed E-state index contributed by atoms with van der Waals surface area (Å²) in [6, 6.07) is 11.0. The van der Waals surface area contributed by atoms with Crippen LogP contribution in [0, 0.1) is 0 Å². The summed E-state index contributed by atoms with van der Waals surface area (Å²) in [5, 5.41) is 16.0. The number of pyridine rings is 1. The van der Waals surface area contributed by atoms with Crippen LogP contribution in [0.5, 0.6) is 0 Å². The van der Waals surface area contributed by atoms with Crippen molar-refractivity contribution in [1.29, 1.82) is 0 Å². The van der Waals surface area contributed by atoms with E-state index in [2.05, 4.69) is 15.6 Å². The normalized spacial score (nSPS) is 11.9. The van der Waals surface area contributed by atoms with Crippen LogP contribution < -0.4 is 10.6 Å². The molecule has 0 radical (unpaired) electrons. The van der Waals surface area contributed by atoms with Crippen molar-refractivity contribution in [2.24, 2.45) is 0 Å². The van der Waals surface area contributed by atoms with E-state index in [9.17, 15) is 9.90 Å². The molecule has 0 aliphatic heterocycles. The van der Waals surface area contributed by atoms with Crippen molar-refractivity contribution in [3.63, 3.8) is 0 Å². The highest BCUT2D eigenvalue weighted by Crippen LogP contribution is 2.16. The van der Waals surface area contributed by atoms with E-state index < -0.39 is 6.10 Å². The van der Waals surface area contributed by atoms with E-state index in [4.69, 9.17) is 0 Å². The molecule has 1 atom stereocenters. The Morgan fingerprint density at radius 3 is 2.48 bits per heavy atom. The number of anilines is 1. The van der Waals surface area contributed by atoms with Crippen molar-refractivity contribution in [2.45, 2.75) is 19.6 Å². The van der Waals surface area contributed by atoms with Crippen LogP contribution in [0.25, 0.3) is 0 Å². The summed E-state index contributed by atoms with van der Waals surface area (Å²) in [5.41, 5.74) is 2.66. The van der Waals surface area contributed by atoms with E-state index >= 15 is 0 Å². The van der Waals surface area contributed by atoms with Crippen molar-refractivity contribution >= 4 is 11.6 Å². The van der Waals surface area contributed by atoms with Gasteiger partial charge in [-0.3, -0.25) is 9.78 Å².